The third-order valence-corrected chi connectivity index (χ3v) is 4.10. The SMILES string of the molecule is COc1c(F)cc(Cl)c(C)c1CC1CCNCC1. The summed E-state index contributed by atoms with van der Waals surface area (Å²) in [5, 5.41) is 3.82. The number of hydrogen-bond acceptors (Lipinski definition) is 2. The summed E-state index contributed by atoms with van der Waals surface area (Å²) in [4.78, 5) is 0. The molecule has 0 aliphatic carbocycles. The lowest BCUT2D eigenvalue weighted by atomic mass is 9.88. The van der Waals surface area contributed by atoms with Gasteiger partial charge < -0.3 is 10.1 Å². The Morgan fingerprint density at radius 3 is 2.72 bits per heavy atom. The molecule has 0 unspecified atom stereocenters. The van der Waals surface area contributed by atoms with Gasteiger partial charge in [0.1, 0.15) is 0 Å². The van der Waals surface area contributed by atoms with Gasteiger partial charge in [-0.1, -0.05) is 11.6 Å². The largest absolute Gasteiger partial charge is 0.493 e. The highest BCUT2D eigenvalue weighted by molar-refractivity contribution is 6.31. The van der Waals surface area contributed by atoms with Crippen molar-refractivity contribution in [1.29, 1.82) is 0 Å². The smallest absolute Gasteiger partial charge is 0.166 e. The zero-order chi connectivity index (χ0) is 13.1. The maximum atomic E-state index is 13.8. The van der Waals surface area contributed by atoms with Gasteiger partial charge in [-0.3, -0.25) is 0 Å². The summed E-state index contributed by atoms with van der Waals surface area (Å²) in [6.45, 7) is 4.00. The molecule has 0 saturated carbocycles. The first-order valence-corrected chi connectivity index (χ1v) is 6.73. The Balaban J connectivity index is 2.29. The Labute approximate surface area is 112 Å². The second-order valence-corrected chi connectivity index (χ2v) is 5.28. The highest BCUT2D eigenvalue weighted by atomic mass is 35.5. The van der Waals surface area contributed by atoms with Crippen LogP contribution in [0.4, 0.5) is 4.39 Å². The molecule has 1 fully saturated rings. The molecule has 4 heteroatoms. The van der Waals surface area contributed by atoms with Crippen molar-refractivity contribution in [3.05, 3.63) is 28.0 Å². The molecule has 100 valence electrons. The summed E-state index contributed by atoms with van der Waals surface area (Å²) >= 11 is 6.06. The molecule has 1 aliphatic rings. The summed E-state index contributed by atoms with van der Waals surface area (Å²) < 4.78 is 19.0. The maximum Gasteiger partial charge on any atom is 0.166 e. The molecule has 0 spiro atoms. The van der Waals surface area contributed by atoms with E-state index in [0.29, 0.717) is 16.7 Å². The first-order valence-electron chi connectivity index (χ1n) is 6.35. The normalized spacial score (nSPS) is 16.9. The van der Waals surface area contributed by atoms with Crippen LogP contribution in [0.2, 0.25) is 5.02 Å². The fraction of sp³-hybridized carbons (Fsp3) is 0.571. The van der Waals surface area contributed by atoms with Gasteiger partial charge >= 0.3 is 0 Å². The molecule has 18 heavy (non-hydrogen) atoms. The molecule has 0 bridgehead atoms. The van der Waals surface area contributed by atoms with Crippen molar-refractivity contribution in [2.24, 2.45) is 5.92 Å². The van der Waals surface area contributed by atoms with Crippen LogP contribution in [0.3, 0.4) is 0 Å². The van der Waals surface area contributed by atoms with E-state index in [9.17, 15) is 4.39 Å². The first-order chi connectivity index (χ1) is 8.63. The van der Waals surface area contributed by atoms with E-state index in [1.165, 1.54) is 13.2 Å². The summed E-state index contributed by atoms with van der Waals surface area (Å²) in [6.07, 6.45) is 3.08. The number of benzene rings is 1. The van der Waals surface area contributed by atoms with Crippen LogP contribution in [0, 0.1) is 18.7 Å². The average molecular weight is 272 g/mol. The quantitative estimate of drug-likeness (QED) is 0.910. The van der Waals surface area contributed by atoms with Gasteiger partial charge in [0.05, 0.1) is 7.11 Å². The molecule has 0 aromatic heterocycles. The first kappa shape index (κ1) is 13.6. The molecule has 0 amide bonds. The molecule has 1 aromatic carbocycles. The standard InChI is InChI=1S/C14H19ClFNO/c1-9-11(7-10-3-5-17-6-4-10)14(18-2)13(16)8-12(9)15/h8,10,17H,3-7H2,1-2H3. The van der Waals surface area contributed by atoms with Crippen molar-refractivity contribution in [2.75, 3.05) is 20.2 Å². The van der Waals surface area contributed by atoms with Gasteiger partial charge in [-0.2, -0.15) is 0 Å². The highest BCUT2D eigenvalue weighted by Gasteiger charge is 2.20. The van der Waals surface area contributed by atoms with E-state index in [0.717, 1.165) is 43.5 Å². The van der Waals surface area contributed by atoms with Crippen LogP contribution in [0.25, 0.3) is 0 Å². The third kappa shape index (κ3) is 2.78. The molecular weight excluding hydrogens is 253 g/mol. The Morgan fingerprint density at radius 2 is 2.11 bits per heavy atom. The van der Waals surface area contributed by atoms with Crippen LogP contribution in [-0.2, 0) is 6.42 Å². The molecule has 2 nitrogen and oxygen atoms in total. The van der Waals surface area contributed by atoms with Gasteiger partial charge in [0.15, 0.2) is 11.6 Å². The maximum absolute atomic E-state index is 13.8. The van der Waals surface area contributed by atoms with Crippen LogP contribution in [0.5, 0.6) is 5.75 Å². The summed E-state index contributed by atoms with van der Waals surface area (Å²) in [6, 6.07) is 1.33. The number of methoxy groups -OCH3 is 1. The van der Waals surface area contributed by atoms with E-state index in [-0.39, 0.29) is 5.82 Å². The van der Waals surface area contributed by atoms with Gasteiger partial charge in [0, 0.05) is 10.6 Å². The summed E-state index contributed by atoms with van der Waals surface area (Å²) in [7, 11) is 1.51. The number of ether oxygens (including phenoxy) is 1. The van der Waals surface area contributed by atoms with Gasteiger partial charge in [-0.25, -0.2) is 4.39 Å². The Morgan fingerprint density at radius 1 is 1.44 bits per heavy atom. The number of hydrogen-bond donors (Lipinski definition) is 1. The second kappa shape index (κ2) is 5.89. The van der Waals surface area contributed by atoms with Crippen molar-refractivity contribution < 1.29 is 9.13 Å². The van der Waals surface area contributed by atoms with Gasteiger partial charge in [-0.05, 0) is 56.8 Å². The predicted molar refractivity (Wildman–Crippen MR) is 72.0 cm³/mol. The number of nitrogens with one attached hydrogen (secondary N) is 1. The average Bonchev–Trinajstić information content (AvgIpc) is 2.37. The van der Waals surface area contributed by atoms with E-state index < -0.39 is 0 Å². The minimum atomic E-state index is -0.364. The molecule has 0 atom stereocenters. The van der Waals surface area contributed by atoms with Crippen molar-refractivity contribution in [3.8, 4) is 5.75 Å². The van der Waals surface area contributed by atoms with Crippen LogP contribution in [-0.4, -0.2) is 20.2 Å². The van der Waals surface area contributed by atoms with Gasteiger partial charge in [0.25, 0.3) is 0 Å². The van der Waals surface area contributed by atoms with Crippen molar-refractivity contribution in [3.63, 3.8) is 0 Å². The predicted octanol–water partition coefficient (Wildman–Crippen LogP) is 3.34. The van der Waals surface area contributed by atoms with E-state index in [1.54, 1.807) is 0 Å². The van der Waals surface area contributed by atoms with Crippen molar-refractivity contribution in [1.82, 2.24) is 5.32 Å². The molecule has 1 N–H and O–H groups in total. The van der Waals surface area contributed by atoms with Gasteiger partial charge in [-0.15, -0.1) is 0 Å². The molecule has 1 heterocycles. The molecule has 2 rings (SSSR count). The lowest BCUT2D eigenvalue weighted by molar-refractivity contribution is 0.351. The Bertz CT molecular complexity index is 430. The zero-order valence-electron chi connectivity index (χ0n) is 10.9. The minimum Gasteiger partial charge on any atom is -0.493 e. The lowest BCUT2D eigenvalue weighted by Crippen LogP contribution is -2.29. The summed E-state index contributed by atoms with van der Waals surface area (Å²) in [5.74, 6) is 0.573. The van der Waals surface area contributed by atoms with Crippen LogP contribution in [0.15, 0.2) is 6.07 Å². The van der Waals surface area contributed by atoms with Crippen LogP contribution >= 0.6 is 11.6 Å². The van der Waals surface area contributed by atoms with Crippen LogP contribution < -0.4 is 10.1 Å². The van der Waals surface area contributed by atoms with Crippen molar-refractivity contribution >= 4 is 11.6 Å². The lowest BCUT2D eigenvalue weighted by Gasteiger charge is -2.24. The van der Waals surface area contributed by atoms with E-state index in [4.69, 9.17) is 16.3 Å². The number of rotatable bonds is 3. The van der Waals surface area contributed by atoms with Crippen LogP contribution in [0.1, 0.15) is 24.0 Å². The Hall–Kier alpha value is -0.800. The van der Waals surface area contributed by atoms with Crippen molar-refractivity contribution in [2.45, 2.75) is 26.2 Å². The highest BCUT2D eigenvalue weighted by Crippen LogP contribution is 2.34. The fourth-order valence-electron chi connectivity index (χ4n) is 2.58. The zero-order valence-corrected chi connectivity index (χ0v) is 11.6. The molecule has 1 aromatic rings. The monoisotopic (exact) mass is 271 g/mol. The summed E-state index contributed by atoms with van der Waals surface area (Å²) in [5.41, 5.74) is 1.86. The molecule has 0 radical (unpaired) electrons. The molecular formula is C14H19ClFNO. The Kier molecular flexibility index (Phi) is 4.46. The third-order valence-electron chi connectivity index (χ3n) is 3.71. The molecule has 1 saturated heterocycles. The van der Waals surface area contributed by atoms with E-state index in [1.807, 2.05) is 6.92 Å². The fourth-order valence-corrected chi connectivity index (χ4v) is 2.79. The molecule has 1 aliphatic heterocycles. The second-order valence-electron chi connectivity index (χ2n) is 4.87. The minimum absolute atomic E-state index is 0.357. The number of piperidine rings is 1. The van der Waals surface area contributed by atoms with E-state index in [2.05, 4.69) is 5.32 Å². The number of halogens is 2. The topological polar surface area (TPSA) is 21.3 Å². The van der Waals surface area contributed by atoms with E-state index >= 15 is 0 Å². The van der Waals surface area contributed by atoms with Gasteiger partial charge in [0.2, 0.25) is 0 Å².